The van der Waals surface area contributed by atoms with Crippen LogP contribution in [0.25, 0.3) is 0 Å². The fourth-order valence-corrected chi connectivity index (χ4v) is 4.62. The first-order chi connectivity index (χ1) is 14.1. The molecule has 1 aromatic carbocycles. The molecule has 29 heavy (non-hydrogen) atoms. The summed E-state index contributed by atoms with van der Waals surface area (Å²) in [5.41, 5.74) is 0.853. The van der Waals surface area contributed by atoms with Crippen LogP contribution in [0.1, 0.15) is 65.7 Å². The molecule has 3 aliphatic heterocycles. The second kappa shape index (κ2) is 8.35. The van der Waals surface area contributed by atoms with E-state index in [1.807, 2.05) is 4.90 Å². The van der Waals surface area contributed by atoms with Crippen LogP contribution >= 0.6 is 0 Å². The van der Waals surface area contributed by atoms with Gasteiger partial charge in [-0.15, -0.1) is 0 Å². The molecule has 7 nitrogen and oxygen atoms in total. The number of carbonyl (C=O) groups is 4. The molecule has 0 aliphatic carbocycles. The monoisotopic (exact) mass is 397 g/mol. The van der Waals surface area contributed by atoms with E-state index in [0.29, 0.717) is 24.1 Å². The molecule has 3 aliphatic rings. The zero-order valence-corrected chi connectivity index (χ0v) is 16.6. The summed E-state index contributed by atoms with van der Waals surface area (Å²) in [4.78, 5) is 55.3. The molecular formula is C22H27N3O4. The number of piperidine rings is 1. The first kappa shape index (κ1) is 19.6. The van der Waals surface area contributed by atoms with E-state index in [1.54, 1.807) is 29.2 Å². The maximum absolute atomic E-state index is 12.8. The lowest BCUT2D eigenvalue weighted by Crippen LogP contribution is -2.49. The van der Waals surface area contributed by atoms with E-state index in [4.69, 9.17) is 0 Å². The van der Waals surface area contributed by atoms with Crippen LogP contribution < -0.4 is 0 Å². The maximum Gasteiger partial charge on any atom is 0.261 e. The van der Waals surface area contributed by atoms with Gasteiger partial charge >= 0.3 is 0 Å². The van der Waals surface area contributed by atoms with Crippen molar-refractivity contribution in [3.8, 4) is 0 Å². The van der Waals surface area contributed by atoms with Gasteiger partial charge in [0.1, 0.15) is 6.04 Å². The second-order valence-electron chi connectivity index (χ2n) is 8.04. The number of hydrogen-bond donors (Lipinski definition) is 0. The Kier molecular flexibility index (Phi) is 5.65. The van der Waals surface area contributed by atoms with E-state index in [2.05, 4.69) is 0 Å². The third kappa shape index (κ3) is 3.78. The van der Waals surface area contributed by atoms with Gasteiger partial charge in [0.25, 0.3) is 11.8 Å². The van der Waals surface area contributed by atoms with E-state index in [-0.39, 0.29) is 42.6 Å². The number of amides is 4. The third-order valence-electron chi connectivity index (χ3n) is 6.18. The van der Waals surface area contributed by atoms with Crippen molar-refractivity contribution >= 4 is 23.6 Å². The normalized spacial score (nSPS) is 21.7. The third-order valence-corrected chi connectivity index (χ3v) is 6.18. The van der Waals surface area contributed by atoms with Crippen LogP contribution in [-0.4, -0.2) is 70.5 Å². The zero-order chi connectivity index (χ0) is 20.4. The number of imide groups is 1. The fraction of sp³-hybridized carbons (Fsp3) is 0.545. The van der Waals surface area contributed by atoms with Gasteiger partial charge in [-0.25, -0.2) is 0 Å². The first-order valence-electron chi connectivity index (χ1n) is 10.6. The second-order valence-corrected chi connectivity index (χ2v) is 8.04. The van der Waals surface area contributed by atoms with Gasteiger partial charge in [0.05, 0.1) is 11.1 Å². The molecular weight excluding hydrogens is 370 g/mol. The van der Waals surface area contributed by atoms with Crippen LogP contribution in [-0.2, 0) is 9.59 Å². The van der Waals surface area contributed by atoms with Crippen molar-refractivity contribution in [3.05, 3.63) is 35.4 Å². The van der Waals surface area contributed by atoms with Gasteiger partial charge in [-0.2, -0.15) is 0 Å². The molecule has 0 spiro atoms. The predicted octanol–water partition coefficient (Wildman–Crippen LogP) is 2.07. The summed E-state index contributed by atoms with van der Waals surface area (Å²) in [7, 11) is 0. The minimum Gasteiger partial charge on any atom is -0.341 e. The minimum atomic E-state index is -0.347. The van der Waals surface area contributed by atoms with Crippen LogP contribution in [0.4, 0.5) is 0 Å². The average molecular weight is 397 g/mol. The van der Waals surface area contributed by atoms with Crippen molar-refractivity contribution in [2.45, 2.75) is 51.0 Å². The molecule has 1 aromatic rings. The predicted molar refractivity (Wildman–Crippen MR) is 106 cm³/mol. The van der Waals surface area contributed by atoms with Crippen molar-refractivity contribution in [2.75, 3.05) is 26.2 Å². The Hall–Kier alpha value is -2.70. The van der Waals surface area contributed by atoms with Gasteiger partial charge in [0.15, 0.2) is 0 Å². The Morgan fingerprint density at radius 1 is 0.897 bits per heavy atom. The average Bonchev–Trinajstić information content (AvgIpc) is 3.33. The molecule has 1 atom stereocenters. The minimum absolute atomic E-state index is 0.0607. The Morgan fingerprint density at radius 3 is 2.21 bits per heavy atom. The molecule has 2 fully saturated rings. The number of fused-ring (bicyclic) bond motifs is 1. The molecule has 0 saturated carbocycles. The Balaban J connectivity index is 1.31. The molecule has 0 radical (unpaired) electrons. The summed E-state index contributed by atoms with van der Waals surface area (Å²) in [5.74, 6) is -0.569. The number of likely N-dealkylation sites (tertiary alicyclic amines) is 2. The van der Waals surface area contributed by atoms with Crippen molar-refractivity contribution in [3.63, 3.8) is 0 Å². The summed E-state index contributed by atoms with van der Waals surface area (Å²) >= 11 is 0. The lowest BCUT2D eigenvalue weighted by molar-refractivity contribution is -0.144. The molecule has 7 heteroatoms. The lowest BCUT2D eigenvalue weighted by Gasteiger charge is -2.32. The molecule has 0 aromatic heterocycles. The zero-order valence-electron chi connectivity index (χ0n) is 16.6. The fourth-order valence-electron chi connectivity index (χ4n) is 4.62. The van der Waals surface area contributed by atoms with E-state index < -0.39 is 0 Å². The summed E-state index contributed by atoms with van der Waals surface area (Å²) < 4.78 is 0. The number of hydrogen-bond acceptors (Lipinski definition) is 4. The van der Waals surface area contributed by atoms with Crippen molar-refractivity contribution in [1.82, 2.24) is 14.7 Å². The van der Waals surface area contributed by atoms with Crippen molar-refractivity contribution < 1.29 is 19.2 Å². The molecule has 4 rings (SSSR count). The van der Waals surface area contributed by atoms with E-state index >= 15 is 0 Å². The number of carbonyl (C=O) groups excluding carboxylic acids is 4. The summed E-state index contributed by atoms with van der Waals surface area (Å²) in [5, 5.41) is 0. The van der Waals surface area contributed by atoms with Crippen LogP contribution in [0.15, 0.2) is 24.3 Å². The molecule has 154 valence electrons. The van der Waals surface area contributed by atoms with Gasteiger partial charge in [0.2, 0.25) is 11.8 Å². The molecule has 3 heterocycles. The van der Waals surface area contributed by atoms with Crippen LogP contribution in [0.3, 0.4) is 0 Å². The quantitative estimate of drug-likeness (QED) is 0.713. The van der Waals surface area contributed by atoms with Crippen molar-refractivity contribution in [2.24, 2.45) is 0 Å². The smallest absolute Gasteiger partial charge is 0.261 e. The number of rotatable bonds is 5. The highest BCUT2D eigenvalue weighted by Crippen LogP contribution is 2.24. The van der Waals surface area contributed by atoms with Crippen LogP contribution in [0, 0.1) is 0 Å². The Bertz CT molecular complexity index is 796. The maximum atomic E-state index is 12.8. The SMILES string of the molecule is O=C(C1CCCN1C(=O)CCCN1C(=O)c2ccccc2C1=O)N1CCCCC1. The van der Waals surface area contributed by atoms with Gasteiger partial charge in [-0.1, -0.05) is 12.1 Å². The van der Waals surface area contributed by atoms with E-state index in [9.17, 15) is 19.2 Å². The molecule has 2 saturated heterocycles. The summed E-state index contributed by atoms with van der Waals surface area (Å²) in [6, 6.07) is 6.44. The van der Waals surface area contributed by atoms with E-state index in [1.165, 1.54) is 4.90 Å². The van der Waals surface area contributed by atoms with Gasteiger partial charge in [0, 0.05) is 32.6 Å². The van der Waals surface area contributed by atoms with Crippen LogP contribution in [0.2, 0.25) is 0 Å². The topological polar surface area (TPSA) is 78.0 Å². The number of nitrogens with zero attached hydrogens (tertiary/aromatic N) is 3. The van der Waals surface area contributed by atoms with Crippen LogP contribution in [0.5, 0.6) is 0 Å². The van der Waals surface area contributed by atoms with Gasteiger partial charge in [-0.05, 0) is 50.7 Å². The molecule has 4 amide bonds. The van der Waals surface area contributed by atoms with Gasteiger partial charge < -0.3 is 9.80 Å². The summed E-state index contributed by atoms with van der Waals surface area (Å²) in [6.45, 7) is 2.40. The molecule has 1 unspecified atom stereocenters. The Labute approximate surface area is 170 Å². The van der Waals surface area contributed by atoms with Crippen molar-refractivity contribution in [1.29, 1.82) is 0 Å². The molecule has 0 bridgehead atoms. The summed E-state index contributed by atoms with van der Waals surface area (Å²) in [6.07, 6.45) is 5.44. The standard InChI is InChI=1S/C22H27N3O4/c26-19(24-14-6-10-18(24)22(29)23-12-4-1-5-13-23)11-7-15-25-20(27)16-8-2-3-9-17(16)21(25)28/h2-3,8-9,18H,1,4-7,10-15H2. The van der Waals surface area contributed by atoms with Gasteiger partial charge in [-0.3, -0.25) is 24.1 Å². The first-order valence-corrected chi connectivity index (χ1v) is 10.6. The lowest BCUT2D eigenvalue weighted by atomic mass is 10.1. The highest BCUT2D eigenvalue weighted by molar-refractivity contribution is 6.21. The number of benzene rings is 1. The highest BCUT2D eigenvalue weighted by atomic mass is 16.2. The largest absolute Gasteiger partial charge is 0.341 e. The molecule has 0 N–H and O–H groups in total. The highest BCUT2D eigenvalue weighted by Gasteiger charge is 2.37. The Morgan fingerprint density at radius 2 is 1.55 bits per heavy atom. The van der Waals surface area contributed by atoms with E-state index in [0.717, 1.165) is 45.2 Å².